The highest BCUT2D eigenvalue weighted by molar-refractivity contribution is 8.06. The summed E-state index contributed by atoms with van der Waals surface area (Å²) in [7, 11) is 0. The summed E-state index contributed by atoms with van der Waals surface area (Å²) in [6.07, 6.45) is 1.76. The van der Waals surface area contributed by atoms with Crippen molar-refractivity contribution in [1.82, 2.24) is 10.1 Å². The van der Waals surface area contributed by atoms with E-state index in [0.717, 1.165) is 18.0 Å². The molecule has 3 atom stereocenters. The fraction of sp³-hybridized carbons (Fsp3) is 0.769. The molecule has 3 unspecified atom stereocenters. The molecule has 0 bridgehead atoms. The van der Waals surface area contributed by atoms with Crippen LogP contribution in [0.2, 0.25) is 0 Å². The van der Waals surface area contributed by atoms with Gasteiger partial charge in [0.05, 0.1) is 5.25 Å². The normalized spacial score (nSPS) is 24.5. The molecular formula is C13H20N2O3S2. The van der Waals surface area contributed by atoms with Crippen LogP contribution in [0.1, 0.15) is 43.7 Å². The van der Waals surface area contributed by atoms with E-state index in [9.17, 15) is 4.79 Å². The maximum Gasteiger partial charge on any atom is 0.303 e. The summed E-state index contributed by atoms with van der Waals surface area (Å²) in [5, 5.41) is 13.7. The molecule has 1 aliphatic rings. The summed E-state index contributed by atoms with van der Waals surface area (Å²) in [6.45, 7) is 4.07. The van der Waals surface area contributed by atoms with Gasteiger partial charge in [-0.15, -0.1) is 11.8 Å². The predicted octanol–water partition coefficient (Wildman–Crippen LogP) is 3.02. The molecule has 0 aliphatic carbocycles. The number of aromatic nitrogens is 2. The average molecular weight is 316 g/mol. The van der Waals surface area contributed by atoms with Gasteiger partial charge >= 0.3 is 5.97 Å². The Hall–Kier alpha value is -0.690. The first kappa shape index (κ1) is 15.7. The van der Waals surface area contributed by atoms with Crippen LogP contribution in [0.5, 0.6) is 0 Å². The predicted molar refractivity (Wildman–Crippen MR) is 81.2 cm³/mol. The summed E-state index contributed by atoms with van der Waals surface area (Å²) in [5.74, 6) is 2.84. The number of rotatable bonds is 6. The van der Waals surface area contributed by atoms with Crippen molar-refractivity contribution in [2.45, 2.75) is 43.6 Å². The molecule has 1 aromatic heterocycles. The third-order valence-corrected chi connectivity index (χ3v) is 6.48. The van der Waals surface area contributed by atoms with Gasteiger partial charge in [0.2, 0.25) is 5.89 Å². The lowest BCUT2D eigenvalue weighted by Crippen LogP contribution is -2.19. The number of carbonyl (C=O) groups is 1. The number of nitrogens with zero attached hydrogens (tertiary/aromatic N) is 2. The van der Waals surface area contributed by atoms with Gasteiger partial charge in [0, 0.05) is 29.6 Å². The number of hydrogen-bond donors (Lipinski definition) is 1. The summed E-state index contributed by atoms with van der Waals surface area (Å²) in [6, 6.07) is 0. The van der Waals surface area contributed by atoms with Crippen LogP contribution in [-0.2, 0) is 11.2 Å². The maximum absolute atomic E-state index is 10.7. The molecule has 1 aliphatic heterocycles. The van der Waals surface area contributed by atoms with E-state index in [1.165, 1.54) is 5.75 Å². The molecule has 1 fully saturated rings. The van der Waals surface area contributed by atoms with E-state index in [-0.39, 0.29) is 12.3 Å². The van der Waals surface area contributed by atoms with Crippen molar-refractivity contribution < 1.29 is 14.4 Å². The van der Waals surface area contributed by atoms with Crippen LogP contribution in [0.25, 0.3) is 0 Å². The first-order chi connectivity index (χ1) is 9.60. The SMILES string of the molecule is CCC1SCCSC1c1noc(CC(C)CC(=O)O)n1. The molecule has 2 heterocycles. The maximum atomic E-state index is 10.7. The Morgan fingerprint density at radius 3 is 2.95 bits per heavy atom. The van der Waals surface area contributed by atoms with E-state index < -0.39 is 5.97 Å². The summed E-state index contributed by atoms with van der Waals surface area (Å²) < 4.78 is 5.29. The van der Waals surface area contributed by atoms with Gasteiger partial charge in [0.25, 0.3) is 0 Å². The van der Waals surface area contributed by atoms with Crippen molar-refractivity contribution in [1.29, 1.82) is 0 Å². The van der Waals surface area contributed by atoms with Crippen LogP contribution in [-0.4, -0.2) is 38.0 Å². The summed E-state index contributed by atoms with van der Waals surface area (Å²) in [5.41, 5.74) is 0. The van der Waals surface area contributed by atoms with Crippen LogP contribution in [0.4, 0.5) is 0 Å². The molecule has 5 nitrogen and oxygen atoms in total. The second-order valence-corrected chi connectivity index (χ2v) is 7.66. The Morgan fingerprint density at radius 1 is 1.50 bits per heavy atom. The highest BCUT2D eigenvalue weighted by Gasteiger charge is 2.30. The largest absolute Gasteiger partial charge is 0.481 e. The lowest BCUT2D eigenvalue weighted by atomic mass is 10.0. The second-order valence-electron chi connectivity index (χ2n) is 5.06. The van der Waals surface area contributed by atoms with Crippen molar-refractivity contribution in [3.63, 3.8) is 0 Å². The van der Waals surface area contributed by atoms with Crippen LogP contribution in [0.15, 0.2) is 4.52 Å². The van der Waals surface area contributed by atoms with Crippen LogP contribution >= 0.6 is 23.5 Å². The molecule has 0 saturated carbocycles. The van der Waals surface area contributed by atoms with Crippen molar-refractivity contribution in [2.75, 3.05) is 11.5 Å². The molecule has 7 heteroatoms. The van der Waals surface area contributed by atoms with Crippen LogP contribution in [0, 0.1) is 5.92 Å². The lowest BCUT2D eigenvalue weighted by molar-refractivity contribution is -0.137. The Kier molecular flexibility index (Phi) is 5.77. The van der Waals surface area contributed by atoms with Gasteiger partial charge in [-0.3, -0.25) is 4.79 Å². The second kappa shape index (κ2) is 7.36. The zero-order valence-corrected chi connectivity index (χ0v) is 13.4. The van der Waals surface area contributed by atoms with Gasteiger partial charge in [0.1, 0.15) is 0 Å². The van der Waals surface area contributed by atoms with E-state index >= 15 is 0 Å². The molecule has 20 heavy (non-hydrogen) atoms. The van der Waals surface area contributed by atoms with Gasteiger partial charge < -0.3 is 9.63 Å². The van der Waals surface area contributed by atoms with Crippen LogP contribution < -0.4 is 0 Å². The van der Waals surface area contributed by atoms with Crippen molar-refractivity contribution in [3.05, 3.63) is 11.7 Å². The van der Waals surface area contributed by atoms with Crippen molar-refractivity contribution in [3.8, 4) is 0 Å². The quantitative estimate of drug-likeness (QED) is 0.864. The van der Waals surface area contributed by atoms with Crippen LogP contribution in [0.3, 0.4) is 0 Å². The molecule has 0 radical (unpaired) electrons. The fourth-order valence-electron chi connectivity index (χ4n) is 2.28. The van der Waals surface area contributed by atoms with Gasteiger partial charge in [-0.05, 0) is 12.3 Å². The topological polar surface area (TPSA) is 76.2 Å². The van der Waals surface area contributed by atoms with Gasteiger partial charge in [0.15, 0.2) is 5.82 Å². The Morgan fingerprint density at radius 2 is 2.25 bits per heavy atom. The zero-order valence-electron chi connectivity index (χ0n) is 11.7. The number of carboxylic acids is 1. The first-order valence-electron chi connectivity index (χ1n) is 6.87. The minimum Gasteiger partial charge on any atom is -0.481 e. The van der Waals surface area contributed by atoms with Gasteiger partial charge in [-0.1, -0.05) is 19.0 Å². The first-order valence-corrected chi connectivity index (χ1v) is 8.97. The average Bonchev–Trinajstić information content (AvgIpc) is 2.85. The number of aliphatic carboxylic acids is 1. The van der Waals surface area contributed by atoms with Gasteiger partial charge in [-0.25, -0.2) is 0 Å². The molecule has 0 spiro atoms. The fourth-order valence-corrected chi connectivity index (χ4v) is 5.26. The highest BCUT2D eigenvalue weighted by atomic mass is 32.2. The third kappa shape index (κ3) is 4.15. The molecule has 1 N–H and O–H groups in total. The van der Waals surface area contributed by atoms with E-state index in [2.05, 4.69) is 17.1 Å². The Balaban J connectivity index is 1.99. The Labute approximate surface area is 127 Å². The molecule has 0 amide bonds. The van der Waals surface area contributed by atoms with E-state index in [1.54, 1.807) is 0 Å². The standard InChI is InChI=1S/C13H20N2O3S2/c1-3-9-12(20-5-4-19-9)13-14-10(18-15-13)6-8(2)7-11(16)17/h8-9,12H,3-7H2,1-2H3,(H,16,17). The Bertz CT molecular complexity index is 453. The molecule has 2 rings (SSSR count). The van der Waals surface area contributed by atoms with E-state index in [1.807, 2.05) is 30.4 Å². The molecule has 1 saturated heterocycles. The van der Waals surface area contributed by atoms with E-state index in [4.69, 9.17) is 9.63 Å². The molecular weight excluding hydrogens is 296 g/mol. The number of hydrogen-bond acceptors (Lipinski definition) is 6. The minimum absolute atomic E-state index is 0.0103. The van der Waals surface area contributed by atoms with Gasteiger partial charge in [-0.2, -0.15) is 16.7 Å². The molecule has 1 aromatic rings. The number of thioether (sulfide) groups is 2. The molecule has 0 aromatic carbocycles. The van der Waals surface area contributed by atoms with E-state index in [0.29, 0.717) is 22.8 Å². The third-order valence-electron chi connectivity index (χ3n) is 3.24. The monoisotopic (exact) mass is 316 g/mol. The number of carboxylic acid groups (broad SMARTS) is 1. The minimum atomic E-state index is -0.789. The summed E-state index contributed by atoms with van der Waals surface area (Å²) >= 11 is 3.87. The lowest BCUT2D eigenvalue weighted by Gasteiger charge is -2.27. The summed E-state index contributed by atoms with van der Waals surface area (Å²) in [4.78, 5) is 15.1. The smallest absolute Gasteiger partial charge is 0.303 e. The van der Waals surface area contributed by atoms with Crippen molar-refractivity contribution >= 4 is 29.5 Å². The highest BCUT2D eigenvalue weighted by Crippen LogP contribution is 2.42. The zero-order chi connectivity index (χ0) is 14.5. The molecule has 112 valence electrons. The van der Waals surface area contributed by atoms with Crippen molar-refractivity contribution in [2.24, 2.45) is 5.92 Å².